The number of hydrogen-bond donors (Lipinski definition) is 1. The van der Waals surface area contributed by atoms with Crippen LogP contribution in [0.2, 0.25) is 0 Å². The molecule has 146 valence electrons. The molecule has 8 nitrogen and oxygen atoms in total. The molecule has 3 rings (SSSR count). The predicted octanol–water partition coefficient (Wildman–Crippen LogP) is 2.24. The van der Waals surface area contributed by atoms with Crippen molar-refractivity contribution in [1.29, 1.82) is 0 Å². The average molecular weight is 384 g/mol. The molecule has 0 bridgehead atoms. The number of benzene rings is 2. The number of esters is 1. The summed E-state index contributed by atoms with van der Waals surface area (Å²) in [7, 11) is 1.30. The van der Waals surface area contributed by atoms with E-state index in [1.165, 1.54) is 18.9 Å². The Hall–Kier alpha value is -3.55. The fourth-order valence-corrected chi connectivity index (χ4v) is 2.74. The molecule has 28 heavy (non-hydrogen) atoms. The van der Waals surface area contributed by atoms with E-state index >= 15 is 0 Å². The van der Waals surface area contributed by atoms with E-state index in [1.807, 2.05) is 0 Å². The highest BCUT2D eigenvalue weighted by atomic mass is 16.6. The van der Waals surface area contributed by atoms with Gasteiger partial charge in [0.05, 0.1) is 12.7 Å². The fraction of sp³-hybridized carbons (Fsp3) is 0.250. The van der Waals surface area contributed by atoms with Crippen molar-refractivity contribution in [3.05, 3.63) is 48.0 Å². The number of methoxy groups -OCH3 is 1. The van der Waals surface area contributed by atoms with Crippen molar-refractivity contribution >= 4 is 29.2 Å². The molecule has 0 fully saturated rings. The smallest absolute Gasteiger partial charge is 0.337 e. The van der Waals surface area contributed by atoms with Gasteiger partial charge in [-0.2, -0.15) is 0 Å². The minimum absolute atomic E-state index is 0.173. The molecule has 0 saturated heterocycles. The minimum atomic E-state index is -0.459. The zero-order valence-electron chi connectivity index (χ0n) is 15.6. The van der Waals surface area contributed by atoms with Gasteiger partial charge in [0.15, 0.2) is 11.5 Å². The lowest BCUT2D eigenvalue weighted by Gasteiger charge is -2.24. The molecule has 0 aromatic heterocycles. The quantitative estimate of drug-likeness (QED) is 0.795. The number of rotatable bonds is 5. The van der Waals surface area contributed by atoms with Gasteiger partial charge >= 0.3 is 5.97 Å². The predicted molar refractivity (Wildman–Crippen MR) is 102 cm³/mol. The van der Waals surface area contributed by atoms with Crippen LogP contribution in [-0.4, -0.2) is 44.7 Å². The number of amides is 2. The van der Waals surface area contributed by atoms with E-state index in [0.717, 1.165) is 0 Å². The van der Waals surface area contributed by atoms with Crippen LogP contribution in [0.1, 0.15) is 17.3 Å². The molecular formula is C20H20N2O6. The first kappa shape index (κ1) is 19.2. The summed E-state index contributed by atoms with van der Waals surface area (Å²) in [5, 5.41) is 2.70. The van der Waals surface area contributed by atoms with Crippen molar-refractivity contribution in [1.82, 2.24) is 0 Å². The second kappa shape index (κ2) is 8.43. The monoisotopic (exact) mass is 384 g/mol. The number of anilines is 2. The maximum Gasteiger partial charge on any atom is 0.337 e. The van der Waals surface area contributed by atoms with Crippen LogP contribution in [0.3, 0.4) is 0 Å². The van der Waals surface area contributed by atoms with E-state index in [4.69, 9.17) is 9.47 Å². The van der Waals surface area contributed by atoms with Gasteiger partial charge in [-0.25, -0.2) is 4.79 Å². The number of ether oxygens (including phenoxy) is 3. The van der Waals surface area contributed by atoms with Crippen LogP contribution < -0.4 is 19.7 Å². The SMILES string of the molecule is COC(=O)c1ccc(NC(=O)CN(C(C)=O)c2ccc3c(c2)OCCO3)cc1. The Balaban J connectivity index is 1.69. The van der Waals surface area contributed by atoms with Crippen molar-refractivity contribution in [2.45, 2.75) is 6.92 Å². The van der Waals surface area contributed by atoms with Gasteiger partial charge < -0.3 is 24.4 Å². The molecule has 1 aliphatic heterocycles. The second-order valence-electron chi connectivity index (χ2n) is 6.05. The highest BCUT2D eigenvalue weighted by Crippen LogP contribution is 2.34. The molecule has 0 radical (unpaired) electrons. The van der Waals surface area contributed by atoms with Crippen LogP contribution in [0.4, 0.5) is 11.4 Å². The van der Waals surface area contributed by atoms with Crippen molar-refractivity contribution in [2.24, 2.45) is 0 Å². The van der Waals surface area contributed by atoms with Gasteiger partial charge in [0.1, 0.15) is 19.8 Å². The Kier molecular flexibility index (Phi) is 5.78. The maximum absolute atomic E-state index is 12.4. The molecule has 0 unspecified atom stereocenters. The van der Waals surface area contributed by atoms with E-state index in [9.17, 15) is 14.4 Å². The van der Waals surface area contributed by atoms with Crippen molar-refractivity contribution in [3.8, 4) is 11.5 Å². The third-order valence-electron chi connectivity index (χ3n) is 4.11. The second-order valence-corrected chi connectivity index (χ2v) is 6.05. The van der Waals surface area contributed by atoms with E-state index in [2.05, 4.69) is 10.1 Å². The van der Waals surface area contributed by atoms with E-state index < -0.39 is 5.97 Å². The highest BCUT2D eigenvalue weighted by Gasteiger charge is 2.19. The lowest BCUT2D eigenvalue weighted by Crippen LogP contribution is -2.36. The molecule has 0 aliphatic carbocycles. The fourth-order valence-electron chi connectivity index (χ4n) is 2.74. The summed E-state index contributed by atoms with van der Waals surface area (Å²) in [5.74, 6) is 0.0190. The summed E-state index contributed by atoms with van der Waals surface area (Å²) >= 11 is 0. The van der Waals surface area contributed by atoms with Gasteiger partial charge in [0.2, 0.25) is 11.8 Å². The Morgan fingerprint density at radius 3 is 2.36 bits per heavy atom. The van der Waals surface area contributed by atoms with E-state index in [1.54, 1.807) is 42.5 Å². The van der Waals surface area contributed by atoms with Crippen LogP contribution >= 0.6 is 0 Å². The first-order valence-corrected chi connectivity index (χ1v) is 8.64. The summed E-state index contributed by atoms with van der Waals surface area (Å²) < 4.78 is 15.6. The van der Waals surface area contributed by atoms with Gasteiger partial charge in [-0.1, -0.05) is 0 Å². The maximum atomic E-state index is 12.4. The van der Waals surface area contributed by atoms with Gasteiger partial charge in [0.25, 0.3) is 0 Å². The van der Waals surface area contributed by atoms with Crippen LogP contribution in [0, 0.1) is 0 Å². The van der Waals surface area contributed by atoms with Crippen LogP contribution in [0.5, 0.6) is 11.5 Å². The van der Waals surface area contributed by atoms with Crippen molar-refractivity contribution in [2.75, 3.05) is 37.1 Å². The van der Waals surface area contributed by atoms with Gasteiger partial charge in [-0.15, -0.1) is 0 Å². The largest absolute Gasteiger partial charge is 0.486 e. The number of fused-ring (bicyclic) bond motifs is 1. The molecule has 1 heterocycles. The molecule has 1 N–H and O–H groups in total. The number of carbonyl (C=O) groups excluding carboxylic acids is 3. The molecular weight excluding hydrogens is 364 g/mol. The van der Waals surface area contributed by atoms with E-state index in [0.29, 0.717) is 41.7 Å². The summed E-state index contributed by atoms with van der Waals surface area (Å²) in [4.78, 5) is 37.3. The topological polar surface area (TPSA) is 94.2 Å². The summed E-state index contributed by atoms with van der Waals surface area (Å²) in [6.45, 7) is 2.11. The van der Waals surface area contributed by atoms with Gasteiger partial charge in [0, 0.05) is 24.4 Å². The highest BCUT2D eigenvalue weighted by molar-refractivity contribution is 6.02. The summed E-state index contributed by atoms with van der Waals surface area (Å²) in [6.07, 6.45) is 0. The third-order valence-corrected chi connectivity index (χ3v) is 4.11. The molecule has 0 atom stereocenters. The number of carbonyl (C=O) groups is 3. The summed E-state index contributed by atoms with van der Waals surface area (Å²) in [6, 6.07) is 11.4. The van der Waals surface area contributed by atoms with E-state index in [-0.39, 0.29) is 18.4 Å². The Bertz CT molecular complexity index is 894. The lowest BCUT2D eigenvalue weighted by molar-refractivity contribution is -0.120. The zero-order chi connectivity index (χ0) is 20.1. The van der Waals surface area contributed by atoms with Gasteiger partial charge in [-0.3, -0.25) is 9.59 Å². The molecule has 0 spiro atoms. The van der Waals surface area contributed by atoms with Crippen LogP contribution in [0.15, 0.2) is 42.5 Å². The molecule has 8 heteroatoms. The van der Waals surface area contributed by atoms with Crippen LogP contribution in [0.25, 0.3) is 0 Å². The Morgan fingerprint density at radius 1 is 1.04 bits per heavy atom. The number of nitrogens with zero attached hydrogens (tertiary/aromatic N) is 1. The normalized spacial score (nSPS) is 12.1. The summed E-state index contributed by atoms with van der Waals surface area (Å²) in [5.41, 5.74) is 1.42. The average Bonchev–Trinajstić information content (AvgIpc) is 2.71. The molecule has 0 saturated carbocycles. The zero-order valence-corrected chi connectivity index (χ0v) is 15.6. The number of hydrogen-bond acceptors (Lipinski definition) is 6. The minimum Gasteiger partial charge on any atom is -0.486 e. The third kappa shape index (κ3) is 4.40. The van der Waals surface area contributed by atoms with Crippen molar-refractivity contribution < 1.29 is 28.6 Å². The van der Waals surface area contributed by atoms with Gasteiger partial charge in [-0.05, 0) is 36.4 Å². The molecule has 2 aromatic carbocycles. The Morgan fingerprint density at radius 2 is 1.71 bits per heavy atom. The van der Waals surface area contributed by atoms with Crippen molar-refractivity contribution in [3.63, 3.8) is 0 Å². The first-order valence-electron chi connectivity index (χ1n) is 8.64. The molecule has 2 aromatic rings. The molecule has 2 amide bonds. The van der Waals surface area contributed by atoms with Crippen LogP contribution in [-0.2, 0) is 14.3 Å². The first-order chi connectivity index (χ1) is 13.5. The lowest BCUT2D eigenvalue weighted by atomic mass is 10.2. The number of nitrogens with one attached hydrogen (secondary N) is 1. The standard InChI is InChI=1S/C20H20N2O6/c1-13(23)22(16-7-8-17-18(11-16)28-10-9-27-17)12-19(24)21-15-5-3-14(4-6-15)20(25)26-2/h3-8,11H,9-10,12H2,1-2H3,(H,21,24). The Labute approximate surface area is 162 Å². The molecule has 1 aliphatic rings.